The first-order chi connectivity index (χ1) is 6.29. The highest BCUT2D eigenvalue weighted by atomic mass is 32.2. The van der Waals surface area contributed by atoms with Crippen LogP contribution in [0.25, 0.3) is 0 Å². The molecule has 1 aliphatic heterocycles. The Morgan fingerprint density at radius 3 is 2.77 bits per heavy atom. The van der Waals surface area contributed by atoms with Gasteiger partial charge >= 0.3 is 0 Å². The molecule has 2 atom stereocenters. The largest absolute Gasteiger partial charge is 0.388 e. The fourth-order valence-corrected chi connectivity index (χ4v) is 2.89. The Labute approximate surface area is 83.2 Å². The average Bonchev–Trinajstić information content (AvgIpc) is 2.29. The van der Waals surface area contributed by atoms with E-state index in [-0.39, 0.29) is 6.10 Å². The molecule has 0 aliphatic carbocycles. The molecule has 0 radical (unpaired) electrons. The number of aliphatic hydroxyl groups is 1. The number of hydrogen-bond acceptors (Lipinski definition) is 2. The van der Waals surface area contributed by atoms with Crippen LogP contribution in [0.4, 0.5) is 0 Å². The molecule has 0 saturated carbocycles. The normalized spacial score (nSPS) is 27.8. The van der Waals surface area contributed by atoms with Crippen molar-refractivity contribution in [3.05, 3.63) is 35.4 Å². The van der Waals surface area contributed by atoms with E-state index >= 15 is 0 Å². The van der Waals surface area contributed by atoms with Gasteiger partial charge in [0.25, 0.3) is 0 Å². The molecule has 1 aromatic carbocycles. The Balaban J connectivity index is 2.45. The Hall–Kier alpha value is -0.470. The summed E-state index contributed by atoms with van der Waals surface area (Å²) in [7, 11) is 0. The summed E-state index contributed by atoms with van der Waals surface area (Å²) < 4.78 is 0. The van der Waals surface area contributed by atoms with E-state index in [2.05, 4.69) is 13.0 Å². The summed E-state index contributed by atoms with van der Waals surface area (Å²) >= 11 is 1.93. The molecule has 0 fully saturated rings. The minimum Gasteiger partial charge on any atom is -0.388 e. The molecule has 1 aliphatic rings. The van der Waals surface area contributed by atoms with Crippen LogP contribution >= 0.6 is 11.8 Å². The molecule has 1 heterocycles. The zero-order valence-corrected chi connectivity index (χ0v) is 8.55. The first-order valence-corrected chi connectivity index (χ1v) is 5.72. The van der Waals surface area contributed by atoms with Crippen molar-refractivity contribution in [2.45, 2.75) is 24.7 Å². The van der Waals surface area contributed by atoms with Crippen molar-refractivity contribution in [1.29, 1.82) is 0 Å². The van der Waals surface area contributed by atoms with Gasteiger partial charge in [-0.25, -0.2) is 0 Å². The molecule has 0 saturated heterocycles. The molecule has 0 aromatic heterocycles. The zero-order valence-electron chi connectivity index (χ0n) is 7.73. The molecule has 1 N–H and O–H groups in total. The van der Waals surface area contributed by atoms with Gasteiger partial charge in [0.15, 0.2) is 0 Å². The van der Waals surface area contributed by atoms with Gasteiger partial charge in [0.2, 0.25) is 0 Å². The van der Waals surface area contributed by atoms with Crippen LogP contribution in [0.15, 0.2) is 24.3 Å². The third-order valence-electron chi connectivity index (χ3n) is 2.55. The van der Waals surface area contributed by atoms with Crippen molar-refractivity contribution in [3.8, 4) is 0 Å². The fourth-order valence-electron chi connectivity index (χ4n) is 1.79. The van der Waals surface area contributed by atoms with Gasteiger partial charge in [-0.05, 0) is 30.2 Å². The second-order valence-corrected chi connectivity index (χ2v) is 4.90. The monoisotopic (exact) mass is 194 g/mol. The lowest BCUT2D eigenvalue weighted by atomic mass is 9.99. The van der Waals surface area contributed by atoms with E-state index in [1.165, 1.54) is 5.56 Å². The summed E-state index contributed by atoms with van der Waals surface area (Å²) in [5.74, 6) is 1.05. The maximum absolute atomic E-state index is 9.85. The van der Waals surface area contributed by atoms with Crippen molar-refractivity contribution in [2.75, 3.05) is 5.75 Å². The van der Waals surface area contributed by atoms with Gasteiger partial charge in [-0.15, -0.1) is 0 Å². The summed E-state index contributed by atoms with van der Waals surface area (Å²) in [5, 5.41) is 10.4. The minimum absolute atomic E-state index is 0.256. The van der Waals surface area contributed by atoms with Crippen molar-refractivity contribution < 1.29 is 5.11 Å². The predicted octanol–water partition coefficient (Wildman–Crippen LogP) is 2.92. The van der Waals surface area contributed by atoms with Gasteiger partial charge in [0.05, 0.1) is 6.10 Å². The first kappa shape index (κ1) is 9.10. The van der Waals surface area contributed by atoms with E-state index < -0.39 is 0 Å². The number of rotatable bonds is 0. The average molecular weight is 194 g/mol. The lowest BCUT2D eigenvalue weighted by Crippen LogP contribution is -1.99. The summed E-state index contributed by atoms with van der Waals surface area (Å²) in [6, 6.07) is 8.22. The quantitative estimate of drug-likeness (QED) is 0.685. The summed E-state index contributed by atoms with van der Waals surface area (Å²) in [5.41, 5.74) is 2.43. The molecule has 70 valence electrons. The topological polar surface area (TPSA) is 20.2 Å². The number of benzene rings is 1. The number of fused-ring (bicyclic) bond motifs is 1. The second-order valence-electron chi connectivity index (χ2n) is 3.45. The maximum atomic E-state index is 9.85. The smallest absolute Gasteiger partial charge is 0.0801 e. The molecular formula is C11H14OS. The van der Waals surface area contributed by atoms with E-state index in [1.807, 2.05) is 30.0 Å². The third kappa shape index (κ3) is 1.74. The van der Waals surface area contributed by atoms with E-state index in [1.54, 1.807) is 0 Å². The molecular weight excluding hydrogens is 180 g/mol. The number of thioether (sulfide) groups is 1. The lowest BCUT2D eigenvalue weighted by Gasteiger charge is -2.13. The SMILES string of the molecule is CC1SCC[C@H](O)c2ccccc21. The summed E-state index contributed by atoms with van der Waals surface area (Å²) in [6.45, 7) is 2.21. The first-order valence-electron chi connectivity index (χ1n) is 4.67. The standard InChI is InChI=1S/C11H14OS/c1-8-9-4-2-3-5-10(9)11(12)6-7-13-8/h2-5,8,11-12H,6-7H2,1H3/t8?,11-/m0/s1. The molecule has 2 rings (SSSR count). The summed E-state index contributed by atoms with van der Waals surface area (Å²) in [4.78, 5) is 0. The third-order valence-corrected chi connectivity index (χ3v) is 3.78. The molecule has 1 unspecified atom stereocenters. The molecule has 1 nitrogen and oxygen atoms in total. The predicted molar refractivity (Wildman–Crippen MR) is 56.9 cm³/mol. The van der Waals surface area contributed by atoms with Crippen LogP contribution in [-0.4, -0.2) is 10.9 Å². The molecule has 1 aromatic rings. The Morgan fingerprint density at radius 2 is 2.00 bits per heavy atom. The molecule has 0 spiro atoms. The highest BCUT2D eigenvalue weighted by Gasteiger charge is 2.20. The van der Waals surface area contributed by atoms with E-state index in [0.717, 1.165) is 17.7 Å². The zero-order chi connectivity index (χ0) is 9.26. The van der Waals surface area contributed by atoms with Crippen LogP contribution < -0.4 is 0 Å². The van der Waals surface area contributed by atoms with Crippen LogP contribution in [-0.2, 0) is 0 Å². The van der Waals surface area contributed by atoms with E-state index in [0.29, 0.717) is 5.25 Å². The highest BCUT2D eigenvalue weighted by Crippen LogP contribution is 2.38. The lowest BCUT2D eigenvalue weighted by molar-refractivity contribution is 0.175. The highest BCUT2D eigenvalue weighted by molar-refractivity contribution is 7.99. The second kappa shape index (κ2) is 3.72. The number of hydrogen-bond donors (Lipinski definition) is 1. The van der Waals surface area contributed by atoms with Crippen LogP contribution in [0, 0.1) is 0 Å². The minimum atomic E-state index is -0.256. The Bertz CT molecular complexity index is 269. The fraction of sp³-hybridized carbons (Fsp3) is 0.455. The molecule has 0 amide bonds. The molecule has 2 heteroatoms. The van der Waals surface area contributed by atoms with Crippen molar-refractivity contribution in [3.63, 3.8) is 0 Å². The van der Waals surface area contributed by atoms with Gasteiger partial charge < -0.3 is 5.11 Å². The van der Waals surface area contributed by atoms with Crippen LogP contribution in [0.3, 0.4) is 0 Å². The van der Waals surface area contributed by atoms with E-state index in [4.69, 9.17) is 0 Å². The van der Waals surface area contributed by atoms with Crippen molar-refractivity contribution in [1.82, 2.24) is 0 Å². The van der Waals surface area contributed by atoms with Gasteiger partial charge in [0, 0.05) is 5.25 Å². The van der Waals surface area contributed by atoms with E-state index in [9.17, 15) is 5.11 Å². The van der Waals surface area contributed by atoms with Gasteiger partial charge in [-0.3, -0.25) is 0 Å². The van der Waals surface area contributed by atoms with Crippen LogP contribution in [0.2, 0.25) is 0 Å². The van der Waals surface area contributed by atoms with Crippen molar-refractivity contribution >= 4 is 11.8 Å². The molecule has 13 heavy (non-hydrogen) atoms. The van der Waals surface area contributed by atoms with Gasteiger partial charge in [0.1, 0.15) is 0 Å². The maximum Gasteiger partial charge on any atom is 0.0801 e. The van der Waals surface area contributed by atoms with Crippen LogP contribution in [0.5, 0.6) is 0 Å². The van der Waals surface area contributed by atoms with Gasteiger partial charge in [-0.1, -0.05) is 24.3 Å². The van der Waals surface area contributed by atoms with Crippen molar-refractivity contribution in [2.24, 2.45) is 0 Å². The Kier molecular flexibility index (Phi) is 2.61. The Morgan fingerprint density at radius 1 is 1.31 bits per heavy atom. The molecule has 0 bridgehead atoms. The van der Waals surface area contributed by atoms with Crippen LogP contribution in [0.1, 0.15) is 35.8 Å². The number of aliphatic hydroxyl groups excluding tert-OH is 1. The summed E-state index contributed by atoms with van der Waals surface area (Å²) in [6.07, 6.45) is 0.625. The van der Waals surface area contributed by atoms with Gasteiger partial charge in [-0.2, -0.15) is 11.8 Å².